The minimum atomic E-state index is -0.0598. The first-order chi connectivity index (χ1) is 11.5. The predicted octanol–water partition coefficient (Wildman–Crippen LogP) is 3.80. The standard InChI is InChI=1S/C19H25N3OS/c1-12(2)14-4-6-15(7-5-14)19-22-17(11-24-19)18(23)21-16-8-9-20-13(3)10-16/h4-7,11-13,16,20H,8-10H2,1-3H3,(H,21,23). The Labute approximate surface area is 147 Å². The largest absolute Gasteiger partial charge is 0.348 e. The molecular weight excluding hydrogens is 318 g/mol. The second-order valence-corrected chi connectivity index (χ2v) is 7.72. The maximum absolute atomic E-state index is 12.4. The van der Waals surface area contributed by atoms with Crippen LogP contribution in [0.15, 0.2) is 29.6 Å². The maximum Gasteiger partial charge on any atom is 0.270 e. The fourth-order valence-electron chi connectivity index (χ4n) is 3.04. The lowest BCUT2D eigenvalue weighted by Gasteiger charge is -2.28. The van der Waals surface area contributed by atoms with Crippen molar-refractivity contribution in [3.8, 4) is 10.6 Å². The Morgan fingerprint density at radius 2 is 2.08 bits per heavy atom. The third kappa shape index (κ3) is 4.02. The maximum atomic E-state index is 12.4. The molecule has 24 heavy (non-hydrogen) atoms. The number of nitrogens with one attached hydrogen (secondary N) is 2. The second kappa shape index (κ2) is 7.45. The molecular formula is C19H25N3OS. The molecule has 1 amide bonds. The number of hydrogen-bond donors (Lipinski definition) is 2. The molecule has 0 bridgehead atoms. The van der Waals surface area contributed by atoms with E-state index in [1.807, 2.05) is 5.38 Å². The number of hydrogen-bond acceptors (Lipinski definition) is 4. The normalized spacial score (nSPS) is 21.0. The Morgan fingerprint density at radius 3 is 2.75 bits per heavy atom. The SMILES string of the molecule is CC1CC(NC(=O)c2csc(-c3ccc(C(C)C)cc3)n2)CCN1. The van der Waals surface area contributed by atoms with Crippen molar-refractivity contribution in [2.45, 2.75) is 51.6 Å². The predicted molar refractivity (Wildman–Crippen MR) is 99.6 cm³/mol. The van der Waals surface area contributed by atoms with Gasteiger partial charge in [-0.3, -0.25) is 4.79 Å². The van der Waals surface area contributed by atoms with Gasteiger partial charge in [-0.15, -0.1) is 11.3 Å². The molecule has 4 nitrogen and oxygen atoms in total. The van der Waals surface area contributed by atoms with Crippen LogP contribution in [0.3, 0.4) is 0 Å². The molecule has 1 aliphatic rings. The summed E-state index contributed by atoms with van der Waals surface area (Å²) in [6, 6.07) is 9.14. The van der Waals surface area contributed by atoms with E-state index in [-0.39, 0.29) is 11.9 Å². The van der Waals surface area contributed by atoms with Crippen molar-refractivity contribution in [1.82, 2.24) is 15.6 Å². The number of thiazole rings is 1. The second-order valence-electron chi connectivity index (χ2n) is 6.86. The van der Waals surface area contributed by atoms with Gasteiger partial charge in [-0.25, -0.2) is 4.98 Å². The van der Waals surface area contributed by atoms with E-state index in [1.165, 1.54) is 16.9 Å². The van der Waals surface area contributed by atoms with Crippen LogP contribution >= 0.6 is 11.3 Å². The summed E-state index contributed by atoms with van der Waals surface area (Å²) in [5, 5.41) is 9.27. The molecule has 0 saturated carbocycles. The molecule has 2 unspecified atom stereocenters. The molecule has 1 aromatic carbocycles. The fraction of sp³-hybridized carbons (Fsp3) is 0.474. The van der Waals surface area contributed by atoms with Crippen LogP contribution in [0.4, 0.5) is 0 Å². The van der Waals surface area contributed by atoms with Gasteiger partial charge in [0.25, 0.3) is 5.91 Å². The first-order valence-electron chi connectivity index (χ1n) is 8.63. The zero-order chi connectivity index (χ0) is 17.1. The Hall–Kier alpha value is -1.72. The van der Waals surface area contributed by atoms with Crippen LogP contribution in [0.2, 0.25) is 0 Å². The number of carbonyl (C=O) groups excluding carboxylic acids is 1. The topological polar surface area (TPSA) is 54.0 Å². The Kier molecular flexibility index (Phi) is 5.31. The first-order valence-corrected chi connectivity index (χ1v) is 9.51. The Morgan fingerprint density at radius 1 is 1.33 bits per heavy atom. The smallest absolute Gasteiger partial charge is 0.270 e. The molecule has 2 aromatic rings. The van der Waals surface area contributed by atoms with Crippen LogP contribution in [-0.4, -0.2) is 29.5 Å². The number of piperidine rings is 1. The van der Waals surface area contributed by atoms with Crippen molar-refractivity contribution >= 4 is 17.2 Å². The third-order valence-corrected chi connectivity index (χ3v) is 5.41. The molecule has 1 aliphatic heterocycles. The van der Waals surface area contributed by atoms with Gasteiger partial charge >= 0.3 is 0 Å². The molecule has 0 aliphatic carbocycles. The average Bonchev–Trinajstić information content (AvgIpc) is 3.05. The van der Waals surface area contributed by atoms with E-state index >= 15 is 0 Å². The van der Waals surface area contributed by atoms with Crippen LogP contribution in [-0.2, 0) is 0 Å². The summed E-state index contributed by atoms with van der Waals surface area (Å²) < 4.78 is 0. The summed E-state index contributed by atoms with van der Waals surface area (Å²) in [6.45, 7) is 7.47. The number of benzene rings is 1. The zero-order valence-corrected chi connectivity index (χ0v) is 15.3. The summed E-state index contributed by atoms with van der Waals surface area (Å²) >= 11 is 1.52. The van der Waals surface area contributed by atoms with E-state index in [9.17, 15) is 4.79 Å². The van der Waals surface area contributed by atoms with Gasteiger partial charge in [-0.05, 0) is 37.8 Å². The van der Waals surface area contributed by atoms with Gasteiger partial charge in [0, 0.05) is 23.0 Å². The number of carbonyl (C=O) groups is 1. The monoisotopic (exact) mass is 343 g/mol. The fourth-order valence-corrected chi connectivity index (χ4v) is 3.85. The molecule has 3 rings (SSSR count). The van der Waals surface area contributed by atoms with Crippen LogP contribution in [0.5, 0.6) is 0 Å². The minimum absolute atomic E-state index is 0.0598. The van der Waals surface area contributed by atoms with Gasteiger partial charge in [-0.2, -0.15) is 0 Å². The molecule has 1 aromatic heterocycles. The van der Waals surface area contributed by atoms with Gasteiger partial charge in [0.2, 0.25) is 0 Å². The lowest BCUT2D eigenvalue weighted by molar-refractivity contribution is 0.0921. The summed E-state index contributed by atoms with van der Waals surface area (Å²) in [7, 11) is 0. The number of amides is 1. The molecule has 0 radical (unpaired) electrons. The van der Waals surface area contributed by atoms with Crippen LogP contribution in [0, 0.1) is 0 Å². The summed E-state index contributed by atoms with van der Waals surface area (Å²) in [5.74, 6) is 0.458. The summed E-state index contributed by atoms with van der Waals surface area (Å²) in [6.07, 6.45) is 1.95. The minimum Gasteiger partial charge on any atom is -0.348 e. The number of rotatable bonds is 4. The molecule has 1 saturated heterocycles. The average molecular weight is 343 g/mol. The van der Waals surface area contributed by atoms with Crippen molar-refractivity contribution in [3.05, 3.63) is 40.9 Å². The lowest BCUT2D eigenvalue weighted by atomic mass is 10.0. The zero-order valence-electron chi connectivity index (χ0n) is 14.5. The van der Waals surface area contributed by atoms with E-state index in [2.05, 4.69) is 60.7 Å². The highest BCUT2D eigenvalue weighted by molar-refractivity contribution is 7.13. The van der Waals surface area contributed by atoms with E-state index in [0.29, 0.717) is 17.7 Å². The van der Waals surface area contributed by atoms with Crippen molar-refractivity contribution < 1.29 is 4.79 Å². The first kappa shape index (κ1) is 17.1. The summed E-state index contributed by atoms with van der Waals surface area (Å²) in [5.41, 5.74) is 2.90. The van der Waals surface area contributed by atoms with Crippen molar-refractivity contribution in [1.29, 1.82) is 0 Å². The highest BCUT2D eigenvalue weighted by atomic mass is 32.1. The van der Waals surface area contributed by atoms with Crippen LogP contribution in [0.25, 0.3) is 10.6 Å². The quantitative estimate of drug-likeness (QED) is 0.888. The Bertz CT molecular complexity index is 693. The number of aromatic nitrogens is 1. The molecule has 2 atom stereocenters. The van der Waals surface area contributed by atoms with Gasteiger partial charge in [0.05, 0.1) is 0 Å². The molecule has 2 N–H and O–H groups in total. The molecule has 5 heteroatoms. The Balaban J connectivity index is 1.67. The van der Waals surface area contributed by atoms with E-state index in [0.717, 1.165) is 30.0 Å². The van der Waals surface area contributed by atoms with E-state index < -0.39 is 0 Å². The lowest BCUT2D eigenvalue weighted by Crippen LogP contribution is -2.46. The van der Waals surface area contributed by atoms with Crippen LogP contribution in [0.1, 0.15) is 55.6 Å². The van der Waals surface area contributed by atoms with E-state index in [4.69, 9.17) is 0 Å². The highest BCUT2D eigenvalue weighted by Gasteiger charge is 2.21. The van der Waals surface area contributed by atoms with Gasteiger partial charge in [0.15, 0.2) is 0 Å². The van der Waals surface area contributed by atoms with Gasteiger partial charge in [-0.1, -0.05) is 38.1 Å². The van der Waals surface area contributed by atoms with Gasteiger partial charge < -0.3 is 10.6 Å². The highest BCUT2D eigenvalue weighted by Crippen LogP contribution is 2.26. The molecule has 128 valence electrons. The van der Waals surface area contributed by atoms with Gasteiger partial charge in [0.1, 0.15) is 10.7 Å². The molecule has 0 spiro atoms. The third-order valence-electron chi connectivity index (χ3n) is 4.52. The molecule has 2 heterocycles. The van der Waals surface area contributed by atoms with Crippen molar-refractivity contribution in [3.63, 3.8) is 0 Å². The van der Waals surface area contributed by atoms with E-state index in [1.54, 1.807) is 0 Å². The van der Waals surface area contributed by atoms with Crippen molar-refractivity contribution in [2.75, 3.05) is 6.54 Å². The number of nitrogens with zero attached hydrogens (tertiary/aromatic N) is 1. The molecule has 1 fully saturated rings. The summed E-state index contributed by atoms with van der Waals surface area (Å²) in [4.78, 5) is 17.0. The van der Waals surface area contributed by atoms with Crippen molar-refractivity contribution in [2.24, 2.45) is 0 Å². The van der Waals surface area contributed by atoms with Crippen LogP contribution < -0.4 is 10.6 Å².